The maximum Gasteiger partial charge on any atom is 0.110 e. The average molecular weight is 252 g/mol. The van der Waals surface area contributed by atoms with Crippen LogP contribution in [0, 0.1) is 6.92 Å². The van der Waals surface area contributed by atoms with E-state index in [1.807, 2.05) is 29.8 Å². The topological polar surface area (TPSA) is 43.8 Å². The Bertz CT molecular complexity index is 548. The molecule has 0 aliphatic heterocycles. The summed E-state index contributed by atoms with van der Waals surface area (Å²) in [5.41, 5.74) is 7.22. The molecule has 0 bridgehead atoms. The Balaban J connectivity index is 2.70. The van der Waals surface area contributed by atoms with Gasteiger partial charge in [-0.25, -0.2) is 4.98 Å². The third-order valence-electron chi connectivity index (χ3n) is 2.32. The Morgan fingerprint density at radius 2 is 2.25 bits per heavy atom. The molecule has 2 rings (SSSR count). The number of benzene rings is 1. The zero-order valence-corrected chi connectivity index (χ0v) is 10.2. The zero-order chi connectivity index (χ0) is 11.7. The van der Waals surface area contributed by atoms with Gasteiger partial charge in [0.05, 0.1) is 16.3 Å². The van der Waals surface area contributed by atoms with Gasteiger partial charge in [0.1, 0.15) is 10.8 Å². The second-order valence-electron chi connectivity index (χ2n) is 3.34. The number of halogens is 1. The summed E-state index contributed by atoms with van der Waals surface area (Å²) in [7, 11) is 0. The van der Waals surface area contributed by atoms with E-state index >= 15 is 0 Å². The van der Waals surface area contributed by atoms with Crippen LogP contribution in [-0.2, 0) is 0 Å². The minimum atomic E-state index is 0.286. The molecule has 2 aromatic rings. The molecule has 0 saturated carbocycles. The molecule has 16 heavy (non-hydrogen) atoms. The smallest absolute Gasteiger partial charge is 0.110 e. The Hall–Kier alpha value is -1.39. The highest BCUT2D eigenvalue weighted by Crippen LogP contribution is 2.23. The Kier molecular flexibility index (Phi) is 2.94. The highest BCUT2D eigenvalue weighted by atomic mass is 35.5. The lowest BCUT2D eigenvalue weighted by Gasteiger charge is -2.12. The third kappa shape index (κ3) is 1.81. The van der Waals surface area contributed by atoms with Crippen LogP contribution in [0.2, 0.25) is 5.02 Å². The molecule has 0 aliphatic rings. The van der Waals surface area contributed by atoms with Crippen LogP contribution < -0.4 is 5.73 Å². The van der Waals surface area contributed by atoms with E-state index in [0.717, 1.165) is 11.5 Å². The van der Waals surface area contributed by atoms with Gasteiger partial charge in [0.2, 0.25) is 0 Å². The number of thiocarbonyl (C=S) groups is 1. The molecule has 0 spiro atoms. The van der Waals surface area contributed by atoms with Crippen molar-refractivity contribution in [2.24, 2.45) is 5.73 Å². The van der Waals surface area contributed by atoms with Gasteiger partial charge in [-0.3, -0.25) is 0 Å². The maximum atomic E-state index is 6.09. The third-order valence-corrected chi connectivity index (χ3v) is 2.84. The number of nitrogens with zero attached hydrogens (tertiary/aromatic N) is 2. The van der Waals surface area contributed by atoms with E-state index in [4.69, 9.17) is 29.6 Å². The van der Waals surface area contributed by atoms with Gasteiger partial charge in [-0.05, 0) is 19.1 Å². The van der Waals surface area contributed by atoms with E-state index in [1.54, 1.807) is 12.3 Å². The molecule has 1 heterocycles. The van der Waals surface area contributed by atoms with E-state index in [9.17, 15) is 0 Å². The van der Waals surface area contributed by atoms with E-state index in [2.05, 4.69) is 4.98 Å². The molecule has 5 heteroatoms. The molecular formula is C11H10ClN3S. The van der Waals surface area contributed by atoms with Gasteiger partial charge in [0, 0.05) is 12.4 Å². The average Bonchev–Trinajstić information content (AvgIpc) is 2.63. The van der Waals surface area contributed by atoms with E-state index < -0.39 is 0 Å². The van der Waals surface area contributed by atoms with Crippen LogP contribution >= 0.6 is 23.8 Å². The van der Waals surface area contributed by atoms with Crippen molar-refractivity contribution in [1.82, 2.24) is 9.55 Å². The van der Waals surface area contributed by atoms with Crippen LogP contribution in [0.4, 0.5) is 0 Å². The first-order valence-electron chi connectivity index (χ1n) is 4.70. The fourth-order valence-corrected chi connectivity index (χ4v) is 2.13. The van der Waals surface area contributed by atoms with Gasteiger partial charge < -0.3 is 10.3 Å². The molecule has 0 saturated heterocycles. The monoisotopic (exact) mass is 251 g/mol. The van der Waals surface area contributed by atoms with Crippen LogP contribution in [-0.4, -0.2) is 14.5 Å². The van der Waals surface area contributed by atoms with Crippen molar-refractivity contribution < 1.29 is 0 Å². The molecule has 0 amide bonds. The maximum absolute atomic E-state index is 6.09. The van der Waals surface area contributed by atoms with E-state index in [-0.39, 0.29) is 4.99 Å². The van der Waals surface area contributed by atoms with Crippen LogP contribution in [0.3, 0.4) is 0 Å². The van der Waals surface area contributed by atoms with Gasteiger partial charge in [0.15, 0.2) is 0 Å². The lowest BCUT2D eigenvalue weighted by Crippen LogP contribution is -2.14. The molecule has 3 nitrogen and oxygen atoms in total. The van der Waals surface area contributed by atoms with Crippen molar-refractivity contribution in [3.63, 3.8) is 0 Å². The molecular weight excluding hydrogens is 242 g/mol. The van der Waals surface area contributed by atoms with E-state index in [1.165, 1.54) is 0 Å². The zero-order valence-electron chi connectivity index (χ0n) is 8.64. The molecule has 0 aliphatic carbocycles. The van der Waals surface area contributed by atoms with Crippen LogP contribution in [0.1, 0.15) is 11.4 Å². The van der Waals surface area contributed by atoms with Crippen LogP contribution in [0.25, 0.3) is 5.69 Å². The molecule has 0 fully saturated rings. The lowest BCUT2D eigenvalue weighted by atomic mass is 10.1. The Labute approximate surface area is 104 Å². The predicted octanol–water partition coefficient (Wildman–Crippen LogP) is 2.47. The SMILES string of the molecule is Cc1nccn1-c1cccc(Cl)c1C(N)=S. The summed E-state index contributed by atoms with van der Waals surface area (Å²) in [6.07, 6.45) is 3.57. The fourth-order valence-electron chi connectivity index (χ4n) is 1.59. The number of nitrogens with two attached hydrogens (primary N) is 1. The quantitative estimate of drug-likeness (QED) is 0.834. The highest BCUT2D eigenvalue weighted by Gasteiger charge is 2.12. The summed E-state index contributed by atoms with van der Waals surface area (Å²) >= 11 is 11.1. The number of hydrogen-bond acceptors (Lipinski definition) is 2. The summed E-state index contributed by atoms with van der Waals surface area (Å²) in [5.74, 6) is 0.861. The first-order valence-corrected chi connectivity index (χ1v) is 5.48. The normalized spacial score (nSPS) is 10.4. The first kappa shape index (κ1) is 11.1. The van der Waals surface area contributed by atoms with Gasteiger partial charge in [-0.15, -0.1) is 0 Å². The summed E-state index contributed by atoms with van der Waals surface area (Å²) in [6, 6.07) is 5.54. The number of aromatic nitrogens is 2. The molecule has 1 aromatic heterocycles. The molecule has 0 unspecified atom stereocenters. The number of hydrogen-bond donors (Lipinski definition) is 1. The summed E-state index contributed by atoms with van der Waals surface area (Å²) in [6.45, 7) is 1.91. The van der Waals surface area contributed by atoms with E-state index in [0.29, 0.717) is 10.6 Å². The Morgan fingerprint density at radius 1 is 1.50 bits per heavy atom. The second kappa shape index (κ2) is 4.23. The van der Waals surface area contributed by atoms with Crippen LogP contribution in [0.5, 0.6) is 0 Å². The van der Waals surface area contributed by atoms with Gasteiger partial charge in [-0.1, -0.05) is 29.9 Å². The largest absolute Gasteiger partial charge is 0.389 e. The van der Waals surface area contributed by atoms with Gasteiger partial charge >= 0.3 is 0 Å². The van der Waals surface area contributed by atoms with Crippen molar-refractivity contribution in [1.29, 1.82) is 0 Å². The second-order valence-corrected chi connectivity index (χ2v) is 4.19. The number of aryl methyl sites for hydroxylation is 1. The molecule has 0 atom stereocenters. The number of imidazole rings is 1. The van der Waals surface area contributed by atoms with Gasteiger partial charge in [-0.2, -0.15) is 0 Å². The van der Waals surface area contributed by atoms with Crippen molar-refractivity contribution in [3.05, 3.63) is 47.0 Å². The first-order chi connectivity index (χ1) is 7.61. The predicted molar refractivity (Wildman–Crippen MR) is 69.2 cm³/mol. The minimum Gasteiger partial charge on any atom is -0.389 e. The molecule has 2 N–H and O–H groups in total. The highest BCUT2D eigenvalue weighted by molar-refractivity contribution is 7.80. The molecule has 82 valence electrons. The summed E-state index contributed by atoms with van der Waals surface area (Å²) in [5, 5.41) is 0.554. The molecule has 1 aromatic carbocycles. The fraction of sp³-hybridized carbons (Fsp3) is 0.0909. The summed E-state index contributed by atoms with van der Waals surface area (Å²) < 4.78 is 1.90. The minimum absolute atomic E-state index is 0.286. The van der Waals surface area contributed by atoms with Crippen molar-refractivity contribution in [2.75, 3.05) is 0 Å². The van der Waals surface area contributed by atoms with Crippen LogP contribution in [0.15, 0.2) is 30.6 Å². The number of rotatable bonds is 2. The van der Waals surface area contributed by atoms with Crippen molar-refractivity contribution in [3.8, 4) is 5.69 Å². The van der Waals surface area contributed by atoms with Crippen molar-refractivity contribution >= 4 is 28.8 Å². The lowest BCUT2D eigenvalue weighted by molar-refractivity contribution is 0.972. The standard InChI is InChI=1S/C11H10ClN3S/c1-7-14-5-6-15(7)9-4-2-3-8(12)10(9)11(13)16/h2-6H,1H3,(H2,13,16). The summed E-state index contributed by atoms with van der Waals surface area (Å²) in [4.78, 5) is 4.44. The Morgan fingerprint density at radius 3 is 2.81 bits per heavy atom. The molecule has 0 radical (unpaired) electrons. The van der Waals surface area contributed by atoms with Gasteiger partial charge in [0.25, 0.3) is 0 Å². The van der Waals surface area contributed by atoms with Crippen molar-refractivity contribution in [2.45, 2.75) is 6.92 Å².